The average Bonchev–Trinajstić information content (AvgIpc) is 2.80. The summed E-state index contributed by atoms with van der Waals surface area (Å²) in [7, 11) is 0. The van der Waals surface area contributed by atoms with Crippen LogP contribution in [-0.4, -0.2) is 53.7 Å². The second-order valence-corrected chi connectivity index (χ2v) is 5.96. The summed E-state index contributed by atoms with van der Waals surface area (Å²) in [5.41, 5.74) is 0.406. The minimum atomic E-state index is -0.138. The van der Waals surface area contributed by atoms with Gasteiger partial charge in [-0.05, 0) is 25.5 Å². The third kappa shape index (κ3) is 2.95. The molecule has 0 aliphatic carbocycles. The molecule has 0 radical (unpaired) electrons. The molecule has 1 aromatic heterocycles. The number of hydrogen-bond donors (Lipinski definition) is 1. The van der Waals surface area contributed by atoms with Crippen molar-refractivity contribution in [2.24, 2.45) is 0 Å². The first-order chi connectivity index (χ1) is 9.61. The maximum atomic E-state index is 12.1. The van der Waals surface area contributed by atoms with Crippen LogP contribution in [0.3, 0.4) is 0 Å². The molecule has 2 aliphatic rings. The standard InChI is InChI=1S/C14H18ClN3O2/c1-9-6-18-7-11(4-12(18)8-20-9)17-14(19)13-3-2-10(15)5-16-13/h2-3,5,9,11-12H,4,6-8H2,1H3,(H,17,19)/t9-,11-,12-/m0/s1. The Labute approximate surface area is 123 Å². The monoisotopic (exact) mass is 295 g/mol. The number of ether oxygens (including phenoxy) is 1. The van der Waals surface area contributed by atoms with Crippen LogP contribution < -0.4 is 5.32 Å². The number of amides is 1. The van der Waals surface area contributed by atoms with E-state index in [1.54, 1.807) is 12.1 Å². The van der Waals surface area contributed by atoms with Gasteiger partial charge in [-0.2, -0.15) is 0 Å². The van der Waals surface area contributed by atoms with Gasteiger partial charge in [0.15, 0.2) is 0 Å². The first-order valence-corrected chi connectivity index (χ1v) is 7.27. The highest BCUT2D eigenvalue weighted by Crippen LogP contribution is 2.23. The Morgan fingerprint density at radius 3 is 3.10 bits per heavy atom. The lowest BCUT2D eigenvalue weighted by molar-refractivity contribution is -0.0390. The maximum absolute atomic E-state index is 12.1. The van der Waals surface area contributed by atoms with E-state index in [0.717, 1.165) is 26.1 Å². The number of rotatable bonds is 2. The van der Waals surface area contributed by atoms with Gasteiger partial charge in [0.1, 0.15) is 5.69 Å². The van der Waals surface area contributed by atoms with Crippen LogP contribution in [0.15, 0.2) is 18.3 Å². The van der Waals surface area contributed by atoms with E-state index in [-0.39, 0.29) is 18.1 Å². The minimum absolute atomic E-state index is 0.138. The van der Waals surface area contributed by atoms with Crippen LogP contribution in [0.5, 0.6) is 0 Å². The molecule has 2 saturated heterocycles. The van der Waals surface area contributed by atoms with E-state index in [0.29, 0.717) is 16.8 Å². The normalized spacial score (nSPS) is 30.0. The number of pyridine rings is 1. The van der Waals surface area contributed by atoms with E-state index in [2.05, 4.69) is 22.1 Å². The Morgan fingerprint density at radius 2 is 2.35 bits per heavy atom. The molecular formula is C14H18ClN3O2. The number of fused-ring (bicyclic) bond motifs is 1. The van der Waals surface area contributed by atoms with E-state index in [1.807, 2.05) is 0 Å². The van der Waals surface area contributed by atoms with Crippen molar-refractivity contribution in [2.45, 2.75) is 31.5 Å². The molecule has 0 unspecified atom stereocenters. The zero-order chi connectivity index (χ0) is 14.1. The second-order valence-electron chi connectivity index (χ2n) is 5.52. The Bertz CT molecular complexity index is 494. The van der Waals surface area contributed by atoms with Crippen LogP contribution in [0.4, 0.5) is 0 Å². The third-order valence-corrected chi connectivity index (χ3v) is 4.11. The number of nitrogens with one attached hydrogen (secondary N) is 1. The number of morpholine rings is 1. The molecule has 5 nitrogen and oxygen atoms in total. The molecule has 20 heavy (non-hydrogen) atoms. The van der Waals surface area contributed by atoms with Crippen molar-refractivity contribution in [3.63, 3.8) is 0 Å². The van der Waals surface area contributed by atoms with Gasteiger partial charge in [0.05, 0.1) is 17.7 Å². The predicted molar refractivity (Wildman–Crippen MR) is 75.9 cm³/mol. The van der Waals surface area contributed by atoms with Crippen molar-refractivity contribution in [1.82, 2.24) is 15.2 Å². The third-order valence-electron chi connectivity index (χ3n) is 3.89. The van der Waals surface area contributed by atoms with Crippen LogP contribution in [0.2, 0.25) is 5.02 Å². The summed E-state index contributed by atoms with van der Waals surface area (Å²) < 4.78 is 5.66. The summed E-state index contributed by atoms with van der Waals surface area (Å²) >= 11 is 5.77. The number of aromatic nitrogens is 1. The Balaban J connectivity index is 1.59. The Hall–Kier alpha value is -1.17. The van der Waals surface area contributed by atoms with Gasteiger partial charge in [-0.25, -0.2) is 4.98 Å². The van der Waals surface area contributed by atoms with Crippen molar-refractivity contribution in [2.75, 3.05) is 19.7 Å². The van der Waals surface area contributed by atoms with Crippen molar-refractivity contribution in [3.8, 4) is 0 Å². The quantitative estimate of drug-likeness (QED) is 0.894. The molecule has 2 fully saturated rings. The number of carbonyl (C=O) groups is 1. The molecule has 0 saturated carbocycles. The summed E-state index contributed by atoms with van der Waals surface area (Å²) in [6, 6.07) is 3.91. The molecule has 3 rings (SSSR count). The highest BCUT2D eigenvalue weighted by Gasteiger charge is 2.36. The van der Waals surface area contributed by atoms with E-state index < -0.39 is 0 Å². The molecule has 6 heteroatoms. The van der Waals surface area contributed by atoms with Gasteiger partial charge in [-0.15, -0.1) is 0 Å². The molecule has 3 heterocycles. The van der Waals surface area contributed by atoms with Crippen molar-refractivity contribution < 1.29 is 9.53 Å². The van der Waals surface area contributed by atoms with E-state index >= 15 is 0 Å². The average molecular weight is 296 g/mol. The van der Waals surface area contributed by atoms with Gasteiger partial charge < -0.3 is 10.1 Å². The Morgan fingerprint density at radius 1 is 1.50 bits per heavy atom. The SMILES string of the molecule is C[C@H]1CN2C[C@@H](NC(=O)c3ccc(Cl)cn3)C[C@H]2CO1. The van der Waals surface area contributed by atoms with Crippen LogP contribution in [-0.2, 0) is 4.74 Å². The Kier molecular flexibility index (Phi) is 3.92. The minimum Gasteiger partial charge on any atom is -0.376 e. The van der Waals surface area contributed by atoms with E-state index in [1.165, 1.54) is 6.20 Å². The first kappa shape index (κ1) is 13.8. The summed E-state index contributed by atoms with van der Waals surface area (Å²) in [6.07, 6.45) is 2.70. The predicted octanol–water partition coefficient (Wildman–Crippen LogP) is 1.33. The second kappa shape index (κ2) is 5.68. The lowest BCUT2D eigenvalue weighted by Crippen LogP contribution is -2.45. The fourth-order valence-electron chi connectivity index (χ4n) is 2.91. The number of nitrogens with zero attached hydrogens (tertiary/aromatic N) is 2. The van der Waals surface area contributed by atoms with E-state index in [9.17, 15) is 4.79 Å². The highest BCUT2D eigenvalue weighted by molar-refractivity contribution is 6.30. The first-order valence-electron chi connectivity index (χ1n) is 6.90. The molecule has 1 amide bonds. The fourth-order valence-corrected chi connectivity index (χ4v) is 3.03. The zero-order valence-corrected chi connectivity index (χ0v) is 12.1. The lowest BCUT2D eigenvalue weighted by atomic mass is 10.1. The summed E-state index contributed by atoms with van der Waals surface area (Å²) in [5, 5.41) is 3.58. The molecule has 0 aromatic carbocycles. The largest absolute Gasteiger partial charge is 0.376 e. The smallest absolute Gasteiger partial charge is 0.270 e. The maximum Gasteiger partial charge on any atom is 0.270 e. The lowest BCUT2D eigenvalue weighted by Gasteiger charge is -2.33. The summed E-state index contributed by atoms with van der Waals surface area (Å²) in [6.45, 7) is 4.67. The molecule has 2 aliphatic heterocycles. The molecule has 1 N–H and O–H groups in total. The van der Waals surface area contributed by atoms with Gasteiger partial charge in [0.25, 0.3) is 5.91 Å². The zero-order valence-electron chi connectivity index (χ0n) is 11.4. The van der Waals surface area contributed by atoms with Crippen LogP contribution >= 0.6 is 11.6 Å². The number of carbonyl (C=O) groups excluding carboxylic acids is 1. The number of hydrogen-bond acceptors (Lipinski definition) is 4. The fraction of sp³-hybridized carbons (Fsp3) is 0.571. The summed E-state index contributed by atoms with van der Waals surface area (Å²) in [5.74, 6) is -0.138. The van der Waals surface area contributed by atoms with Crippen molar-refractivity contribution in [3.05, 3.63) is 29.0 Å². The highest BCUT2D eigenvalue weighted by atomic mass is 35.5. The van der Waals surface area contributed by atoms with Gasteiger partial charge >= 0.3 is 0 Å². The molecule has 0 spiro atoms. The topological polar surface area (TPSA) is 54.5 Å². The number of halogens is 1. The van der Waals surface area contributed by atoms with Gasteiger partial charge in [-0.1, -0.05) is 11.6 Å². The van der Waals surface area contributed by atoms with Gasteiger partial charge in [-0.3, -0.25) is 9.69 Å². The molecular weight excluding hydrogens is 278 g/mol. The van der Waals surface area contributed by atoms with Crippen molar-refractivity contribution >= 4 is 17.5 Å². The van der Waals surface area contributed by atoms with Crippen LogP contribution in [0.1, 0.15) is 23.8 Å². The van der Waals surface area contributed by atoms with Gasteiger partial charge in [0, 0.05) is 31.4 Å². The summed E-state index contributed by atoms with van der Waals surface area (Å²) in [4.78, 5) is 18.6. The van der Waals surface area contributed by atoms with Crippen molar-refractivity contribution in [1.29, 1.82) is 0 Å². The molecule has 0 bridgehead atoms. The van der Waals surface area contributed by atoms with Crippen LogP contribution in [0, 0.1) is 0 Å². The molecule has 108 valence electrons. The van der Waals surface area contributed by atoms with E-state index in [4.69, 9.17) is 16.3 Å². The molecule has 1 aromatic rings. The van der Waals surface area contributed by atoms with Crippen LogP contribution in [0.25, 0.3) is 0 Å². The molecule has 3 atom stereocenters. The van der Waals surface area contributed by atoms with Gasteiger partial charge in [0.2, 0.25) is 0 Å².